The van der Waals surface area contributed by atoms with Gasteiger partial charge in [0.15, 0.2) is 11.5 Å². The van der Waals surface area contributed by atoms with E-state index >= 15 is 0 Å². The number of hydrogen-bond donors (Lipinski definition) is 1. The highest BCUT2D eigenvalue weighted by Gasteiger charge is 2.23. The van der Waals surface area contributed by atoms with Crippen molar-refractivity contribution in [3.63, 3.8) is 0 Å². The van der Waals surface area contributed by atoms with Crippen molar-refractivity contribution in [1.29, 1.82) is 0 Å². The monoisotopic (exact) mass is 328 g/mol. The van der Waals surface area contributed by atoms with Crippen LogP contribution in [0.25, 0.3) is 0 Å². The predicted octanol–water partition coefficient (Wildman–Crippen LogP) is 2.49. The lowest BCUT2D eigenvalue weighted by Gasteiger charge is -2.18. The summed E-state index contributed by atoms with van der Waals surface area (Å²) < 4.78 is 10.7. The first kappa shape index (κ1) is 16.5. The summed E-state index contributed by atoms with van der Waals surface area (Å²) in [5.74, 6) is 2.45. The topological polar surface area (TPSA) is 59.5 Å². The molecule has 1 aliphatic heterocycles. The van der Waals surface area contributed by atoms with Crippen LogP contribution in [0.15, 0.2) is 30.6 Å². The lowest BCUT2D eigenvalue weighted by Crippen LogP contribution is -2.26. The van der Waals surface area contributed by atoms with Crippen molar-refractivity contribution in [1.82, 2.24) is 14.9 Å². The van der Waals surface area contributed by atoms with E-state index in [9.17, 15) is 0 Å². The van der Waals surface area contributed by atoms with Crippen LogP contribution < -0.4 is 14.8 Å². The fraction of sp³-hybridized carbons (Fsp3) is 0.444. The lowest BCUT2D eigenvalue weighted by atomic mass is 10.2. The summed E-state index contributed by atoms with van der Waals surface area (Å²) in [5, 5.41) is 3.50. The number of ether oxygens (including phenoxy) is 2. The molecule has 1 unspecified atom stereocenters. The summed E-state index contributed by atoms with van der Waals surface area (Å²) in [6.45, 7) is 4.94. The molecule has 6 nitrogen and oxygen atoms in total. The van der Waals surface area contributed by atoms with E-state index in [0.29, 0.717) is 6.04 Å². The van der Waals surface area contributed by atoms with E-state index in [4.69, 9.17) is 9.47 Å². The van der Waals surface area contributed by atoms with Crippen LogP contribution in [0.3, 0.4) is 0 Å². The summed E-state index contributed by atoms with van der Waals surface area (Å²) in [6.07, 6.45) is 2.71. The molecule has 0 radical (unpaired) electrons. The molecule has 0 bridgehead atoms. The number of nitrogens with zero attached hydrogens (tertiary/aromatic N) is 3. The van der Waals surface area contributed by atoms with Gasteiger partial charge in [0.25, 0.3) is 0 Å². The second-order valence-corrected chi connectivity index (χ2v) is 6.10. The van der Waals surface area contributed by atoms with Crippen molar-refractivity contribution in [3.8, 4) is 11.5 Å². The number of methoxy groups -OCH3 is 2. The van der Waals surface area contributed by atoms with Crippen molar-refractivity contribution in [2.45, 2.75) is 25.9 Å². The Morgan fingerprint density at radius 2 is 2.00 bits per heavy atom. The first-order chi connectivity index (χ1) is 11.7. The normalized spacial score (nSPS) is 17.7. The van der Waals surface area contributed by atoms with Crippen LogP contribution in [-0.2, 0) is 6.54 Å². The smallest absolute Gasteiger partial charge is 0.161 e. The SMILES string of the molecule is COc1ccc(CN2CCC(Nc3cc(C)ncn3)C2)cc1OC. The molecular formula is C18H24N4O2. The molecule has 0 saturated carbocycles. The fourth-order valence-corrected chi connectivity index (χ4v) is 3.07. The first-order valence-electron chi connectivity index (χ1n) is 8.16. The zero-order valence-electron chi connectivity index (χ0n) is 14.5. The molecule has 0 aliphatic carbocycles. The summed E-state index contributed by atoms with van der Waals surface area (Å²) >= 11 is 0. The second-order valence-electron chi connectivity index (χ2n) is 6.10. The van der Waals surface area contributed by atoms with Crippen molar-refractivity contribution < 1.29 is 9.47 Å². The molecule has 1 aromatic carbocycles. The van der Waals surface area contributed by atoms with Crippen LogP contribution in [0.1, 0.15) is 17.7 Å². The highest BCUT2D eigenvalue weighted by atomic mass is 16.5. The zero-order chi connectivity index (χ0) is 16.9. The minimum absolute atomic E-state index is 0.416. The van der Waals surface area contributed by atoms with Gasteiger partial charge >= 0.3 is 0 Å². The van der Waals surface area contributed by atoms with Crippen LogP contribution in [-0.4, -0.2) is 48.2 Å². The molecule has 1 aromatic heterocycles. The van der Waals surface area contributed by atoms with Crippen LogP contribution in [0.2, 0.25) is 0 Å². The van der Waals surface area contributed by atoms with E-state index in [2.05, 4.69) is 26.3 Å². The number of nitrogens with one attached hydrogen (secondary N) is 1. The third-order valence-corrected chi connectivity index (χ3v) is 4.28. The van der Waals surface area contributed by atoms with Gasteiger partial charge in [-0.15, -0.1) is 0 Å². The highest BCUT2D eigenvalue weighted by Crippen LogP contribution is 2.28. The first-order valence-corrected chi connectivity index (χ1v) is 8.16. The minimum Gasteiger partial charge on any atom is -0.493 e. The summed E-state index contributed by atoms with van der Waals surface area (Å²) in [7, 11) is 3.32. The van der Waals surface area contributed by atoms with Gasteiger partial charge in [0.2, 0.25) is 0 Å². The van der Waals surface area contributed by atoms with E-state index in [1.807, 2.05) is 25.1 Å². The van der Waals surface area contributed by atoms with Crippen molar-refractivity contribution in [2.24, 2.45) is 0 Å². The van der Waals surface area contributed by atoms with Crippen molar-refractivity contribution in [2.75, 3.05) is 32.6 Å². The fourth-order valence-electron chi connectivity index (χ4n) is 3.07. The Hall–Kier alpha value is -2.34. The molecule has 24 heavy (non-hydrogen) atoms. The molecule has 0 spiro atoms. The van der Waals surface area contributed by atoms with Gasteiger partial charge < -0.3 is 14.8 Å². The van der Waals surface area contributed by atoms with Gasteiger partial charge in [0, 0.05) is 37.4 Å². The van der Waals surface area contributed by atoms with Crippen LogP contribution in [0, 0.1) is 6.92 Å². The number of likely N-dealkylation sites (tertiary alicyclic amines) is 1. The van der Waals surface area contributed by atoms with Crippen molar-refractivity contribution in [3.05, 3.63) is 41.9 Å². The highest BCUT2D eigenvalue weighted by molar-refractivity contribution is 5.43. The van der Waals surface area contributed by atoms with Gasteiger partial charge in [-0.3, -0.25) is 4.90 Å². The molecule has 1 fully saturated rings. The molecule has 2 heterocycles. The minimum atomic E-state index is 0.416. The van der Waals surface area contributed by atoms with Gasteiger partial charge in [-0.05, 0) is 31.0 Å². The number of aromatic nitrogens is 2. The second kappa shape index (κ2) is 7.49. The zero-order valence-corrected chi connectivity index (χ0v) is 14.5. The Morgan fingerprint density at radius 3 is 2.75 bits per heavy atom. The number of benzene rings is 1. The number of aryl methyl sites for hydroxylation is 1. The number of hydrogen-bond acceptors (Lipinski definition) is 6. The third-order valence-electron chi connectivity index (χ3n) is 4.28. The molecule has 6 heteroatoms. The average molecular weight is 328 g/mol. The Labute approximate surface area is 142 Å². The van der Waals surface area contributed by atoms with Crippen LogP contribution in [0.4, 0.5) is 5.82 Å². The molecule has 2 aromatic rings. The van der Waals surface area contributed by atoms with Crippen LogP contribution in [0.5, 0.6) is 11.5 Å². The molecule has 1 N–H and O–H groups in total. The van der Waals surface area contributed by atoms with E-state index in [1.54, 1.807) is 20.5 Å². The lowest BCUT2D eigenvalue weighted by molar-refractivity contribution is 0.325. The maximum atomic E-state index is 5.38. The molecule has 3 rings (SSSR count). The van der Waals surface area contributed by atoms with Crippen LogP contribution >= 0.6 is 0 Å². The molecule has 1 aliphatic rings. The van der Waals surface area contributed by atoms with E-state index in [0.717, 1.165) is 49.1 Å². The quantitative estimate of drug-likeness (QED) is 0.879. The van der Waals surface area contributed by atoms with Gasteiger partial charge in [0.05, 0.1) is 14.2 Å². The van der Waals surface area contributed by atoms with Gasteiger partial charge in [-0.25, -0.2) is 9.97 Å². The summed E-state index contributed by atoms with van der Waals surface area (Å²) in [6, 6.07) is 8.50. The van der Waals surface area contributed by atoms with Crippen molar-refractivity contribution >= 4 is 5.82 Å². The van der Waals surface area contributed by atoms with E-state index < -0.39 is 0 Å². The molecule has 1 atom stereocenters. The summed E-state index contributed by atoms with van der Waals surface area (Å²) in [5.41, 5.74) is 2.21. The summed E-state index contributed by atoms with van der Waals surface area (Å²) in [4.78, 5) is 10.9. The average Bonchev–Trinajstić information content (AvgIpc) is 3.01. The standard InChI is InChI=1S/C18H24N4O2/c1-13-8-18(20-12-19-13)21-15-6-7-22(11-15)10-14-4-5-16(23-2)17(9-14)24-3/h4-5,8-9,12,15H,6-7,10-11H2,1-3H3,(H,19,20,21). The largest absolute Gasteiger partial charge is 0.493 e. The van der Waals surface area contributed by atoms with Gasteiger partial charge in [-0.2, -0.15) is 0 Å². The molecule has 0 amide bonds. The van der Waals surface area contributed by atoms with Gasteiger partial charge in [0.1, 0.15) is 12.1 Å². The maximum absolute atomic E-state index is 5.38. The number of anilines is 1. The molecule has 128 valence electrons. The molecular weight excluding hydrogens is 304 g/mol. The predicted molar refractivity (Wildman–Crippen MR) is 93.6 cm³/mol. The van der Waals surface area contributed by atoms with Gasteiger partial charge in [-0.1, -0.05) is 6.07 Å². The third kappa shape index (κ3) is 3.94. The Bertz CT molecular complexity index is 692. The van der Waals surface area contributed by atoms with E-state index in [-0.39, 0.29) is 0 Å². The van der Waals surface area contributed by atoms with E-state index in [1.165, 1.54) is 5.56 Å². The Balaban J connectivity index is 1.58. The Morgan fingerprint density at radius 1 is 1.17 bits per heavy atom. The number of rotatable bonds is 6. The maximum Gasteiger partial charge on any atom is 0.161 e. The molecule has 1 saturated heterocycles. The Kier molecular flexibility index (Phi) is 5.15.